The largest absolute Gasteiger partial charge is 0.507 e. The topological polar surface area (TPSA) is 44.0 Å². The maximum atomic E-state index is 9.71. The average molecular weight is 189 g/mol. The molecule has 1 aromatic heterocycles. The summed E-state index contributed by atoms with van der Waals surface area (Å²) in [5, 5.41) is 21.0. The van der Waals surface area contributed by atoms with Gasteiger partial charge in [0.2, 0.25) is 0 Å². The Balaban J connectivity index is 2.95. The number of phenols is 1. The zero-order chi connectivity index (χ0) is 9.42. The number of fused-ring (bicyclic) bond motifs is 1. The summed E-state index contributed by atoms with van der Waals surface area (Å²) in [7, 11) is 0. The van der Waals surface area contributed by atoms with E-state index in [1.807, 2.05) is 19.1 Å². The highest BCUT2D eigenvalue weighted by molar-refractivity contribution is 7.17. The SMILES string of the molecule is Cc1ccc2scc(C#N)c2c1O. The van der Waals surface area contributed by atoms with Crippen LogP contribution in [0.3, 0.4) is 0 Å². The lowest BCUT2D eigenvalue weighted by Crippen LogP contribution is -1.76. The summed E-state index contributed by atoms with van der Waals surface area (Å²) >= 11 is 1.48. The van der Waals surface area contributed by atoms with Gasteiger partial charge < -0.3 is 5.11 Å². The Bertz CT molecular complexity index is 507. The van der Waals surface area contributed by atoms with Gasteiger partial charge in [-0.05, 0) is 18.6 Å². The second-order valence-electron chi connectivity index (χ2n) is 2.87. The summed E-state index contributed by atoms with van der Waals surface area (Å²) in [6.07, 6.45) is 0. The summed E-state index contributed by atoms with van der Waals surface area (Å²) in [4.78, 5) is 0. The van der Waals surface area contributed by atoms with Crippen LogP contribution >= 0.6 is 11.3 Å². The molecule has 0 amide bonds. The molecule has 0 unspecified atom stereocenters. The van der Waals surface area contributed by atoms with Gasteiger partial charge in [0, 0.05) is 10.1 Å². The van der Waals surface area contributed by atoms with E-state index >= 15 is 0 Å². The van der Waals surface area contributed by atoms with Gasteiger partial charge >= 0.3 is 0 Å². The van der Waals surface area contributed by atoms with Crippen LogP contribution in [0, 0.1) is 18.3 Å². The lowest BCUT2D eigenvalue weighted by atomic mass is 10.1. The molecule has 13 heavy (non-hydrogen) atoms. The minimum Gasteiger partial charge on any atom is -0.507 e. The molecule has 0 atom stereocenters. The molecule has 0 radical (unpaired) electrons. The van der Waals surface area contributed by atoms with Gasteiger partial charge in [-0.3, -0.25) is 0 Å². The third-order valence-electron chi connectivity index (χ3n) is 2.03. The summed E-state index contributed by atoms with van der Waals surface area (Å²) < 4.78 is 0.958. The van der Waals surface area contributed by atoms with Crippen LogP contribution in [0.4, 0.5) is 0 Å². The average Bonchev–Trinajstić information content (AvgIpc) is 2.55. The Kier molecular flexibility index (Phi) is 1.71. The summed E-state index contributed by atoms with van der Waals surface area (Å²) in [5.41, 5.74) is 1.36. The molecule has 64 valence electrons. The van der Waals surface area contributed by atoms with E-state index in [2.05, 4.69) is 6.07 Å². The lowest BCUT2D eigenvalue weighted by molar-refractivity contribution is 0.477. The highest BCUT2D eigenvalue weighted by Gasteiger charge is 2.09. The van der Waals surface area contributed by atoms with Gasteiger partial charge in [-0.2, -0.15) is 5.26 Å². The summed E-state index contributed by atoms with van der Waals surface area (Å²) in [5.74, 6) is 0.232. The Morgan fingerprint density at radius 2 is 2.23 bits per heavy atom. The molecular weight excluding hydrogens is 182 g/mol. The van der Waals surface area contributed by atoms with E-state index in [0.717, 1.165) is 10.3 Å². The van der Waals surface area contributed by atoms with Gasteiger partial charge in [-0.15, -0.1) is 11.3 Å². The van der Waals surface area contributed by atoms with Gasteiger partial charge in [0.15, 0.2) is 0 Å². The van der Waals surface area contributed by atoms with Crippen molar-refractivity contribution in [2.45, 2.75) is 6.92 Å². The fraction of sp³-hybridized carbons (Fsp3) is 0.100. The van der Waals surface area contributed by atoms with E-state index in [1.54, 1.807) is 5.38 Å². The standard InChI is InChI=1S/C10H7NOS/c1-6-2-3-8-9(10(6)12)7(4-11)5-13-8/h2-3,5,12H,1H3. The molecule has 0 spiro atoms. The number of hydrogen-bond donors (Lipinski definition) is 1. The van der Waals surface area contributed by atoms with Gasteiger partial charge in [-0.25, -0.2) is 0 Å². The van der Waals surface area contributed by atoms with Crippen molar-refractivity contribution < 1.29 is 5.11 Å². The van der Waals surface area contributed by atoms with E-state index in [9.17, 15) is 5.11 Å². The molecule has 1 aromatic carbocycles. The molecule has 3 heteroatoms. The van der Waals surface area contributed by atoms with Crippen molar-refractivity contribution in [3.63, 3.8) is 0 Å². The van der Waals surface area contributed by atoms with Crippen LogP contribution in [0.5, 0.6) is 5.75 Å². The van der Waals surface area contributed by atoms with Crippen LogP contribution in [-0.2, 0) is 0 Å². The third kappa shape index (κ3) is 1.07. The first kappa shape index (κ1) is 8.09. The number of rotatable bonds is 0. The van der Waals surface area contributed by atoms with Crippen molar-refractivity contribution >= 4 is 21.4 Å². The third-order valence-corrected chi connectivity index (χ3v) is 2.98. The Labute approximate surface area is 79.7 Å². The van der Waals surface area contributed by atoms with Crippen LogP contribution in [0.15, 0.2) is 17.5 Å². The van der Waals surface area contributed by atoms with Gasteiger partial charge in [0.1, 0.15) is 11.8 Å². The van der Waals surface area contributed by atoms with E-state index in [4.69, 9.17) is 5.26 Å². The molecule has 0 saturated carbocycles. The minimum atomic E-state index is 0.232. The molecule has 0 aliphatic rings. The number of thiophene rings is 1. The van der Waals surface area contributed by atoms with E-state index in [-0.39, 0.29) is 5.75 Å². The van der Waals surface area contributed by atoms with Crippen molar-refractivity contribution in [1.29, 1.82) is 5.26 Å². The van der Waals surface area contributed by atoms with Crippen LogP contribution in [0.2, 0.25) is 0 Å². The fourth-order valence-electron chi connectivity index (χ4n) is 1.30. The summed E-state index contributed by atoms with van der Waals surface area (Å²) in [6, 6.07) is 5.85. The van der Waals surface area contributed by atoms with E-state index in [0.29, 0.717) is 10.9 Å². The van der Waals surface area contributed by atoms with Crippen LogP contribution in [0.25, 0.3) is 10.1 Å². The normalized spacial score (nSPS) is 10.2. The molecular formula is C10H7NOS. The molecule has 0 bridgehead atoms. The molecule has 1 heterocycles. The first-order valence-corrected chi connectivity index (χ1v) is 4.72. The number of aryl methyl sites for hydroxylation is 1. The minimum absolute atomic E-state index is 0.232. The molecule has 0 saturated heterocycles. The van der Waals surface area contributed by atoms with Crippen molar-refractivity contribution in [3.05, 3.63) is 28.6 Å². The van der Waals surface area contributed by atoms with Gasteiger partial charge in [-0.1, -0.05) is 6.07 Å². The first-order chi connectivity index (χ1) is 6.24. The second kappa shape index (κ2) is 2.75. The maximum Gasteiger partial charge on any atom is 0.128 e. The van der Waals surface area contributed by atoms with Gasteiger partial charge in [0.25, 0.3) is 0 Å². The lowest BCUT2D eigenvalue weighted by Gasteiger charge is -1.99. The predicted molar refractivity (Wildman–Crippen MR) is 52.9 cm³/mol. The highest BCUT2D eigenvalue weighted by atomic mass is 32.1. The van der Waals surface area contributed by atoms with Crippen molar-refractivity contribution in [2.24, 2.45) is 0 Å². The predicted octanol–water partition coefficient (Wildman–Crippen LogP) is 2.79. The molecule has 2 nitrogen and oxygen atoms in total. The van der Waals surface area contributed by atoms with E-state index in [1.165, 1.54) is 11.3 Å². The number of aromatic hydroxyl groups is 1. The fourth-order valence-corrected chi connectivity index (χ4v) is 2.19. The number of nitrogens with zero attached hydrogens (tertiary/aromatic N) is 1. The Morgan fingerprint density at radius 1 is 1.46 bits per heavy atom. The van der Waals surface area contributed by atoms with Crippen LogP contribution in [0.1, 0.15) is 11.1 Å². The molecule has 0 aliphatic carbocycles. The molecule has 0 fully saturated rings. The second-order valence-corrected chi connectivity index (χ2v) is 3.78. The first-order valence-electron chi connectivity index (χ1n) is 3.84. The zero-order valence-electron chi connectivity index (χ0n) is 7.03. The van der Waals surface area contributed by atoms with Gasteiger partial charge in [0.05, 0.1) is 10.9 Å². The van der Waals surface area contributed by atoms with Crippen LogP contribution in [-0.4, -0.2) is 5.11 Å². The Hall–Kier alpha value is -1.53. The van der Waals surface area contributed by atoms with E-state index < -0.39 is 0 Å². The zero-order valence-corrected chi connectivity index (χ0v) is 7.85. The monoisotopic (exact) mass is 189 g/mol. The number of phenolic OH excluding ortho intramolecular Hbond substituents is 1. The maximum absolute atomic E-state index is 9.71. The van der Waals surface area contributed by atoms with Crippen LogP contribution < -0.4 is 0 Å². The number of nitriles is 1. The number of hydrogen-bond acceptors (Lipinski definition) is 3. The quantitative estimate of drug-likeness (QED) is 0.692. The molecule has 1 N–H and O–H groups in total. The van der Waals surface area contributed by atoms with Crippen molar-refractivity contribution in [3.8, 4) is 11.8 Å². The van der Waals surface area contributed by atoms with Crippen molar-refractivity contribution in [2.75, 3.05) is 0 Å². The molecule has 2 rings (SSSR count). The molecule has 2 aromatic rings. The smallest absolute Gasteiger partial charge is 0.128 e. The Morgan fingerprint density at radius 3 is 2.92 bits per heavy atom. The highest BCUT2D eigenvalue weighted by Crippen LogP contribution is 2.34. The molecule has 0 aliphatic heterocycles. The summed E-state index contributed by atoms with van der Waals surface area (Å²) in [6.45, 7) is 1.83. The number of benzene rings is 1. The van der Waals surface area contributed by atoms with Crippen molar-refractivity contribution in [1.82, 2.24) is 0 Å².